The highest BCUT2D eigenvalue weighted by atomic mass is 32.2. The van der Waals surface area contributed by atoms with Crippen LogP contribution < -0.4 is 0 Å². The number of thioether (sulfide) groups is 1. The van der Waals surface area contributed by atoms with Crippen molar-refractivity contribution < 1.29 is 9.53 Å². The fourth-order valence-electron chi connectivity index (χ4n) is 2.32. The number of aryl methyl sites for hydroxylation is 2. The van der Waals surface area contributed by atoms with E-state index in [4.69, 9.17) is 4.74 Å². The molecule has 1 aromatic carbocycles. The Morgan fingerprint density at radius 3 is 2.91 bits per heavy atom. The number of hydrogen-bond acceptors (Lipinski definition) is 6. The SMILES string of the molecule is COC(=O)c1cccc(CSc2ncnc3sc(C)c(C)c23)c1. The van der Waals surface area contributed by atoms with Crippen molar-refractivity contribution in [2.75, 3.05) is 7.11 Å². The molecule has 3 rings (SSSR count). The standard InChI is InChI=1S/C17H16N2O2S2/c1-10-11(2)23-16-14(10)15(18-9-19-16)22-8-12-5-4-6-13(7-12)17(20)21-3/h4-7,9H,8H2,1-3H3. The molecule has 0 radical (unpaired) electrons. The van der Waals surface area contributed by atoms with E-state index in [0.717, 1.165) is 26.6 Å². The highest BCUT2D eigenvalue weighted by molar-refractivity contribution is 7.98. The largest absolute Gasteiger partial charge is 0.465 e. The summed E-state index contributed by atoms with van der Waals surface area (Å²) in [6.07, 6.45) is 1.62. The number of benzene rings is 1. The number of esters is 1. The van der Waals surface area contributed by atoms with Crippen LogP contribution in [0, 0.1) is 13.8 Å². The first-order chi connectivity index (χ1) is 11.1. The van der Waals surface area contributed by atoms with E-state index in [2.05, 4.69) is 23.8 Å². The van der Waals surface area contributed by atoms with Gasteiger partial charge >= 0.3 is 5.97 Å². The molecule has 2 aromatic heterocycles. The molecule has 0 aliphatic carbocycles. The molecule has 0 aliphatic heterocycles. The molecule has 0 amide bonds. The summed E-state index contributed by atoms with van der Waals surface area (Å²) in [7, 11) is 1.39. The second-order valence-electron chi connectivity index (χ2n) is 5.12. The lowest BCUT2D eigenvalue weighted by Crippen LogP contribution is -2.01. The summed E-state index contributed by atoms with van der Waals surface area (Å²) in [5.74, 6) is 0.427. The molecular formula is C17H16N2O2S2. The second-order valence-corrected chi connectivity index (χ2v) is 7.29. The minimum Gasteiger partial charge on any atom is -0.465 e. The van der Waals surface area contributed by atoms with E-state index in [1.165, 1.54) is 17.6 Å². The van der Waals surface area contributed by atoms with Gasteiger partial charge in [0.1, 0.15) is 16.2 Å². The van der Waals surface area contributed by atoms with Crippen LogP contribution >= 0.6 is 23.1 Å². The van der Waals surface area contributed by atoms with Crippen LogP contribution in [0.25, 0.3) is 10.2 Å². The van der Waals surface area contributed by atoms with E-state index >= 15 is 0 Å². The maximum absolute atomic E-state index is 11.6. The highest BCUT2D eigenvalue weighted by Crippen LogP contribution is 2.35. The van der Waals surface area contributed by atoms with Gasteiger partial charge in [0.05, 0.1) is 12.7 Å². The van der Waals surface area contributed by atoms with E-state index in [1.54, 1.807) is 35.5 Å². The summed E-state index contributed by atoms with van der Waals surface area (Å²) in [6, 6.07) is 7.50. The number of ether oxygens (including phenoxy) is 1. The zero-order valence-corrected chi connectivity index (χ0v) is 14.8. The van der Waals surface area contributed by atoms with Crippen molar-refractivity contribution in [1.29, 1.82) is 0 Å². The molecule has 118 valence electrons. The molecule has 0 N–H and O–H groups in total. The third-order valence-corrected chi connectivity index (χ3v) is 5.83. The lowest BCUT2D eigenvalue weighted by Gasteiger charge is -2.05. The number of carbonyl (C=O) groups is 1. The number of nitrogens with zero attached hydrogens (tertiary/aromatic N) is 2. The highest BCUT2D eigenvalue weighted by Gasteiger charge is 2.13. The van der Waals surface area contributed by atoms with Crippen molar-refractivity contribution >= 4 is 39.3 Å². The van der Waals surface area contributed by atoms with E-state index < -0.39 is 0 Å². The summed E-state index contributed by atoms with van der Waals surface area (Å²) >= 11 is 3.36. The van der Waals surface area contributed by atoms with Gasteiger partial charge in [0.25, 0.3) is 0 Å². The summed E-state index contributed by atoms with van der Waals surface area (Å²) in [5, 5.41) is 2.13. The first-order valence-electron chi connectivity index (χ1n) is 7.11. The molecule has 0 bridgehead atoms. The van der Waals surface area contributed by atoms with Crippen molar-refractivity contribution in [3.63, 3.8) is 0 Å². The van der Waals surface area contributed by atoms with E-state index in [0.29, 0.717) is 5.56 Å². The van der Waals surface area contributed by atoms with Crippen LogP contribution in [0.1, 0.15) is 26.4 Å². The average Bonchev–Trinajstić information content (AvgIpc) is 2.87. The van der Waals surface area contributed by atoms with Gasteiger partial charge in [-0.15, -0.1) is 23.1 Å². The Bertz CT molecular complexity index is 874. The van der Waals surface area contributed by atoms with E-state index in [9.17, 15) is 4.79 Å². The molecule has 6 heteroatoms. The van der Waals surface area contributed by atoms with E-state index in [-0.39, 0.29) is 5.97 Å². The summed E-state index contributed by atoms with van der Waals surface area (Å²) in [5.41, 5.74) is 2.88. The van der Waals surface area contributed by atoms with E-state index in [1.807, 2.05) is 18.2 Å². The molecule has 0 atom stereocenters. The summed E-state index contributed by atoms with van der Waals surface area (Å²) in [6.45, 7) is 4.22. The fraction of sp³-hybridized carbons (Fsp3) is 0.235. The Morgan fingerprint density at radius 1 is 1.30 bits per heavy atom. The molecule has 4 nitrogen and oxygen atoms in total. The van der Waals surface area contributed by atoms with Crippen molar-refractivity contribution in [2.24, 2.45) is 0 Å². The topological polar surface area (TPSA) is 52.1 Å². The van der Waals surface area contributed by atoms with Crippen LogP contribution in [0.15, 0.2) is 35.6 Å². The summed E-state index contributed by atoms with van der Waals surface area (Å²) in [4.78, 5) is 22.7. The zero-order valence-electron chi connectivity index (χ0n) is 13.1. The number of aromatic nitrogens is 2. The zero-order chi connectivity index (χ0) is 16.4. The molecule has 23 heavy (non-hydrogen) atoms. The molecule has 0 aliphatic rings. The quantitative estimate of drug-likeness (QED) is 0.399. The Labute approximate surface area is 142 Å². The van der Waals surface area contributed by atoms with Crippen molar-refractivity contribution in [1.82, 2.24) is 9.97 Å². The van der Waals surface area contributed by atoms with Gasteiger partial charge in [-0.2, -0.15) is 0 Å². The van der Waals surface area contributed by atoms with Gasteiger partial charge < -0.3 is 4.74 Å². The van der Waals surface area contributed by atoms with Gasteiger partial charge in [-0.25, -0.2) is 14.8 Å². The Morgan fingerprint density at radius 2 is 2.13 bits per heavy atom. The Balaban J connectivity index is 1.85. The number of rotatable bonds is 4. The average molecular weight is 344 g/mol. The molecule has 0 saturated carbocycles. The van der Waals surface area contributed by atoms with Crippen LogP contribution in [0.4, 0.5) is 0 Å². The minimum atomic E-state index is -0.314. The number of thiophene rings is 1. The lowest BCUT2D eigenvalue weighted by atomic mass is 10.1. The van der Waals surface area contributed by atoms with Crippen LogP contribution in [0.2, 0.25) is 0 Å². The van der Waals surface area contributed by atoms with Crippen LogP contribution in [0.5, 0.6) is 0 Å². The second kappa shape index (κ2) is 6.68. The third kappa shape index (κ3) is 3.23. The molecule has 0 saturated heterocycles. The van der Waals surface area contributed by atoms with Gasteiger partial charge in [-0.05, 0) is 37.1 Å². The third-order valence-electron chi connectivity index (χ3n) is 3.65. The molecule has 3 aromatic rings. The summed E-state index contributed by atoms with van der Waals surface area (Å²) < 4.78 is 4.77. The number of fused-ring (bicyclic) bond motifs is 1. The monoisotopic (exact) mass is 344 g/mol. The maximum Gasteiger partial charge on any atom is 0.337 e. The molecule has 0 spiro atoms. The lowest BCUT2D eigenvalue weighted by molar-refractivity contribution is 0.0600. The number of carbonyl (C=O) groups excluding carboxylic acids is 1. The van der Waals surface area contributed by atoms with Gasteiger partial charge in [0.15, 0.2) is 0 Å². The normalized spacial score (nSPS) is 10.9. The first kappa shape index (κ1) is 16.0. The minimum absolute atomic E-state index is 0.314. The van der Waals surface area contributed by atoms with Gasteiger partial charge in [0, 0.05) is 16.0 Å². The van der Waals surface area contributed by atoms with Crippen LogP contribution in [0.3, 0.4) is 0 Å². The van der Waals surface area contributed by atoms with Crippen LogP contribution in [-0.4, -0.2) is 23.0 Å². The molecule has 0 fully saturated rings. The van der Waals surface area contributed by atoms with Gasteiger partial charge in [0.2, 0.25) is 0 Å². The predicted octanol–water partition coefficient (Wildman–Crippen LogP) is 4.39. The van der Waals surface area contributed by atoms with Gasteiger partial charge in [-0.3, -0.25) is 0 Å². The Kier molecular flexibility index (Phi) is 4.63. The maximum atomic E-state index is 11.6. The molecule has 2 heterocycles. The van der Waals surface area contributed by atoms with Crippen molar-refractivity contribution in [3.05, 3.63) is 52.2 Å². The Hall–Kier alpha value is -1.92. The molecule has 0 unspecified atom stereocenters. The molecular weight excluding hydrogens is 328 g/mol. The smallest absolute Gasteiger partial charge is 0.337 e. The number of methoxy groups -OCH3 is 1. The predicted molar refractivity (Wildman–Crippen MR) is 94.2 cm³/mol. The van der Waals surface area contributed by atoms with Gasteiger partial charge in [-0.1, -0.05) is 12.1 Å². The van der Waals surface area contributed by atoms with Crippen molar-refractivity contribution in [3.8, 4) is 0 Å². The van der Waals surface area contributed by atoms with Crippen molar-refractivity contribution in [2.45, 2.75) is 24.6 Å². The number of hydrogen-bond donors (Lipinski definition) is 0. The first-order valence-corrected chi connectivity index (χ1v) is 8.91. The van der Waals surface area contributed by atoms with Crippen LogP contribution in [-0.2, 0) is 10.5 Å². The fourth-order valence-corrected chi connectivity index (χ4v) is 4.38.